The van der Waals surface area contributed by atoms with Gasteiger partial charge in [0.25, 0.3) is 0 Å². The summed E-state index contributed by atoms with van der Waals surface area (Å²) in [6.07, 6.45) is 5.65. The van der Waals surface area contributed by atoms with Gasteiger partial charge in [-0.2, -0.15) is 5.26 Å². The second-order valence-corrected chi connectivity index (χ2v) is 5.33. The average Bonchev–Trinajstić information content (AvgIpc) is 3.36. The molecule has 1 atom stereocenters. The van der Waals surface area contributed by atoms with E-state index in [0.717, 1.165) is 5.56 Å². The minimum absolute atomic E-state index is 0.0347. The Morgan fingerprint density at radius 2 is 2.27 bits per heavy atom. The third kappa shape index (κ3) is 4.52. The van der Waals surface area contributed by atoms with Crippen molar-refractivity contribution in [2.45, 2.75) is 25.8 Å². The first-order valence-electron chi connectivity index (χ1n) is 7.30. The molecular formula is C17H20N2O3. The number of hydrogen-bond acceptors (Lipinski definition) is 4. The van der Waals surface area contributed by atoms with Gasteiger partial charge in [-0.15, -0.1) is 0 Å². The SMILES string of the molecule is COc1cc(/C=C/C(=O)N[C@@H](C)C2CC2)ccc1OCC#N. The number of rotatable bonds is 7. The molecule has 1 aliphatic rings. The highest BCUT2D eigenvalue weighted by molar-refractivity contribution is 5.92. The number of ether oxygens (including phenoxy) is 2. The molecule has 0 bridgehead atoms. The summed E-state index contributed by atoms with van der Waals surface area (Å²) >= 11 is 0. The van der Waals surface area contributed by atoms with Gasteiger partial charge in [0, 0.05) is 12.1 Å². The highest BCUT2D eigenvalue weighted by Crippen LogP contribution is 2.32. The lowest BCUT2D eigenvalue weighted by atomic mass is 10.1. The molecule has 0 unspecified atom stereocenters. The van der Waals surface area contributed by atoms with Crippen LogP contribution >= 0.6 is 0 Å². The molecule has 0 spiro atoms. The van der Waals surface area contributed by atoms with Gasteiger partial charge in [0.2, 0.25) is 5.91 Å². The van der Waals surface area contributed by atoms with E-state index in [1.54, 1.807) is 18.2 Å². The highest BCUT2D eigenvalue weighted by atomic mass is 16.5. The van der Waals surface area contributed by atoms with E-state index in [-0.39, 0.29) is 18.6 Å². The van der Waals surface area contributed by atoms with Crippen molar-refractivity contribution < 1.29 is 14.3 Å². The minimum Gasteiger partial charge on any atom is -0.493 e. The van der Waals surface area contributed by atoms with Gasteiger partial charge >= 0.3 is 0 Å². The van der Waals surface area contributed by atoms with Crippen LogP contribution < -0.4 is 14.8 Å². The number of nitrogens with one attached hydrogen (secondary N) is 1. The summed E-state index contributed by atoms with van der Waals surface area (Å²) in [5.41, 5.74) is 0.829. The van der Waals surface area contributed by atoms with E-state index in [1.165, 1.54) is 26.0 Å². The lowest BCUT2D eigenvalue weighted by Crippen LogP contribution is -2.32. The van der Waals surface area contributed by atoms with Crippen molar-refractivity contribution in [2.75, 3.05) is 13.7 Å². The van der Waals surface area contributed by atoms with E-state index in [1.807, 2.05) is 19.1 Å². The second kappa shape index (κ2) is 7.51. The predicted molar refractivity (Wildman–Crippen MR) is 83.5 cm³/mol. The van der Waals surface area contributed by atoms with Gasteiger partial charge < -0.3 is 14.8 Å². The largest absolute Gasteiger partial charge is 0.493 e. The lowest BCUT2D eigenvalue weighted by molar-refractivity contribution is -0.117. The molecule has 5 nitrogen and oxygen atoms in total. The van der Waals surface area contributed by atoms with E-state index >= 15 is 0 Å². The number of nitrogens with zero attached hydrogens (tertiary/aromatic N) is 1. The van der Waals surface area contributed by atoms with Gasteiger partial charge in [-0.25, -0.2) is 0 Å². The molecule has 0 aliphatic heterocycles. The molecule has 1 aromatic rings. The first-order chi connectivity index (χ1) is 10.6. The smallest absolute Gasteiger partial charge is 0.244 e. The van der Waals surface area contributed by atoms with Crippen LogP contribution in [0.2, 0.25) is 0 Å². The highest BCUT2D eigenvalue weighted by Gasteiger charge is 2.28. The molecule has 0 heterocycles. The molecule has 0 aromatic heterocycles. The Morgan fingerprint density at radius 1 is 1.50 bits per heavy atom. The van der Waals surface area contributed by atoms with E-state index in [4.69, 9.17) is 14.7 Å². The van der Waals surface area contributed by atoms with Gasteiger partial charge in [-0.05, 0) is 49.5 Å². The van der Waals surface area contributed by atoms with Crippen LogP contribution in [0, 0.1) is 17.2 Å². The van der Waals surface area contributed by atoms with Gasteiger partial charge in [-0.3, -0.25) is 4.79 Å². The fraction of sp³-hybridized carbons (Fsp3) is 0.412. The summed E-state index contributed by atoms with van der Waals surface area (Å²) in [6.45, 7) is 2.00. The summed E-state index contributed by atoms with van der Waals surface area (Å²) in [5, 5.41) is 11.5. The first kappa shape index (κ1) is 15.9. The van der Waals surface area contributed by atoms with Crippen LogP contribution in [0.3, 0.4) is 0 Å². The number of carbonyl (C=O) groups is 1. The summed E-state index contributed by atoms with van der Waals surface area (Å²) in [5.74, 6) is 1.58. The third-order valence-electron chi connectivity index (χ3n) is 3.61. The van der Waals surface area contributed by atoms with E-state index in [9.17, 15) is 4.79 Å². The normalized spacial score (nSPS) is 15.1. The second-order valence-electron chi connectivity index (χ2n) is 5.33. The summed E-state index contributed by atoms with van der Waals surface area (Å²) in [7, 11) is 1.53. The van der Waals surface area contributed by atoms with E-state index in [2.05, 4.69) is 5.32 Å². The van der Waals surface area contributed by atoms with Crippen LogP contribution in [0.15, 0.2) is 24.3 Å². The Hall–Kier alpha value is -2.48. The number of methoxy groups -OCH3 is 1. The topological polar surface area (TPSA) is 71.3 Å². The number of amides is 1. The molecule has 2 rings (SSSR count). The molecular weight excluding hydrogens is 280 g/mol. The fourth-order valence-corrected chi connectivity index (χ4v) is 2.18. The number of benzene rings is 1. The van der Waals surface area contributed by atoms with Gasteiger partial charge in [0.05, 0.1) is 7.11 Å². The maximum atomic E-state index is 11.8. The summed E-state index contributed by atoms with van der Waals surface area (Å²) < 4.78 is 10.5. The van der Waals surface area contributed by atoms with Gasteiger partial charge in [0.15, 0.2) is 18.1 Å². The van der Waals surface area contributed by atoms with Crippen LogP contribution in [0.25, 0.3) is 6.08 Å². The molecule has 5 heteroatoms. The molecule has 22 heavy (non-hydrogen) atoms. The lowest BCUT2D eigenvalue weighted by Gasteiger charge is -2.10. The van der Waals surface area contributed by atoms with Crippen molar-refractivity contribution in [2.24, 2.45) is 5.92 Å². The van der Waals surface area contributed by atoms with E-state index in [0.29, 0.717) is 17.4 Å². The van der Waals surface area contributed by atoms with Crippen LogP contribution in [0.1, 0.15) is 25.3 Å². The maximum Gasteiger partial charge on any atom is 0.244 e. The molecule has 0 radical (unpaired) electrons. The van der Waals surface area contributed by atoms with Crippen molar-refractivity contribution in [1.29, 1.82) is 5.26 Å². The Bertz CT molecular complexity index is 600. The Balaban J connectivity index is 1.97. The van der Waals surface area contributed by atoms with Crippen molar-refractivity contribution >= 4 is 12.0 Å². The van der Waals surface area contributed by atoms with Crippen molar-refractivity contribution in [3.63, 3.8) is 0 Å². The zero-order valence-corrected chi connectivity index (χ0v) is 12.8. The Kier molecular flexibility index (Phi) is 5.42. The fourth-order valence-electron chi connectivity index (χ4n) is 2.18. The zero-order valence-electron chi connectivity index (χ0n) is 12.8. The Labute approximate surface area is 130 Å². The third-order valence-corrected chi connectivity index (χ3v) is 3.61. The standard InChI is InChI=1S/C17H20N2O3/c1-12(14-5-6-14)19-17(20)8-4-13-3-7-15(22-10-9-18)16(11-13)21-2/h3-4,7-8,11-12,14H,5-6,10H2,1-2H3,(H,19,20)/b8-4+/t12-/m0/s1. The monoisotopic (exact) mass is 300 g/mol. The van der Waals surface area contributed by atoms with Gasteiger partial charge in [-0.1, -0.05) is 6.07 Å². The number of carbonyl (C=O) groups excluding carboxylic acids is 1. The molecule has 0 saturated heterocycles. The van der Waals surface area contributed by atoms with Crippen LogP contribution in [-0.2, 0) is 4.79 Å². The summed E-state index contributed by atoms with van der Waals surface area (Å²) in [4.78, 5) is 11.8. The summed E-state index contributed by atoms with van der Waals surface area (Å²) in [6, 6.07) is 7.44. The molecule has 116 valence electrons. The number of nitriles is 1. The molecule has 1 aromatic carbocycles. The predicted octanol–water partition coefficient (Wildman–Crippen LogP) is 2.53. The Morgan fingerprint density at radius 3 is 2.91 bits per heavy atom. The zero-order chi connectivity index (χ0) is 15.9. The average molecular weight is 300 g/mol. The van der Waals surface area contributed by atoms with Crippen LogP contribution in [0.4, 0.5) is 0 Å². The van der Waals surface area contributed by atoms with Crippen molar-refractivity contribution in [3.8, 4) is 17.6 Å². The number of hydrogen-bond donors (Lipinski definition) is 1. The molecule has 1 saturated carbocycles. The van der Waals surface area contributed by atoms with Crippen molar-refractivity contribution in [3.05, 3.63) is 29.8 Å². The molecule has 1 aliphatic carbocycles. The molecule has 1 N–H and O–H groups in total. The van der Waals surface area contributed by atoms with Gasteiger partial charge in [0.1, 0.15) is 6.07 Å². The quantitative estimate of drug-likeness (QED) is 0.785. The molecule has 1 amide bonds. The van der Waals surface area contributed by atoms with Crippen LogP contribution in [-0.4, -0.2) is 25.7 Å². The molecule has 1 fully saturated rings. The maximum absolute atomic E-state index is 11.8. The minimum atomic E-state index is -0.0943. The van der Waals surface area contributed by atoms with Crippen LogP contribution in [0.5, 0.6) is 11.5 Å². The van der Waals surface area contributed by atoms with E-state index < -0.39 is 0 Å². The first-order valence-corrected chi connectivity index (χ1v) is 7.30. The van der Waals surface area contributed by atoms with Crippen molar-refractivity contribution in [1.82, 2.24) is 5.32 Å².